The van der Waals surface area contributed by atoms with Gasteiger partial charge in [0.15, 0.2) is 0 Å². The molecular weight excluding hydrogens is 504 g/mol. The number of nitrogens with zero attached hydrogens (tertiary/aromatic N) is 1. The number of benzene rings is 2. The molecule has 1 fully saturated rings. The Morgan fingerprint density at radius 3 is 2.42 bits per heavy atom. The van der Waals surface area contributed by atoms with E-state index in [4.69, 9.17) is 5.73 Å². The molecule has 1 aliphatic carbocycles. The molecule has 0 radical (unpaired) electrons. The third kappa shape index (κ3) is 6.76. The lowest BCUT2D eigenvalue weighted by molar-refractivity contribution is -0.140. The van der Waals surface area contributed by atoms with Gasteiger partial charge >= 0.3 is 6.18 Å². The highest BCUT2D eigenvalue weighted by molar-refractivity contribution is 6.20. The SMILES string of the molecule is NC(=O)C(CC1CC1)C(CCCC(F)(F)F)C(=O)NC1N=C(c2ccccc2)c2cccc(F)c2NC1=O. The second kappa shape index (κ2) is 11.3. The van der Waals surface area contributed by atoms with Crippen LogP contribution in [0.2, 0.25) is 0 Å². The number of primary amides is 1. The number of aliphatic imine (C=N–C) groups is 1. The summed E-state index contributed by atoms with van der Waals surface area (Å²) in [5.41, 5.74) is 6.56. The van der Waals surface area contributed by atoms with Crippen molar-refractivity contribution in [3.63, 3.8) is 0 Å². The molecule has 0 aromatic heterocycles. The average Bonchev–Trinajstić information content (AvgIpc) is 3.69. The number of rotatable bonds is 10. The van der Waals surface area contributed by atoms with E-state index in [0.717, 1.165) is 12.8 Å². The van der Waals surface area contributed by atoms with Crippen LogP contribution in [0.4, 0.5) is 23.2 Å². The van der Waals surface area contributed by atoms with Crippen LogP contribution in [0.5, 0.6) is 0 Å². The van der Waals surface area contributed by atoms with Gasteiger partial charge in [0, 0.05) is 29.4 Å². The third-order valence-corrected chi connectivity index (χ3v) is 6.80. The maximum Gasteiger partial charge on any atom is 0.389 e. The van der Waals surface area contributed by atoms with Crippen molar-refractivity contribution in [3.8, 4) is 0 Å². The zero-order valence-corrected chi connectivity index (χ0v) is 20.4. The van der Waals surface area contributed by atoms with E-state index >= 15 is 0 Å². The fraction of sp³-hybridized carbons (Fsp3) is 0.407. The van der Waals surface area contributed by atoms with Crippen LogP contribution < -0.4 is 16.4 Å². The minimum absolute atomic E-state index is 0.109. The van der Waals surface area contributed by atoms with Crippen molar-refractivity contribution in [1.29, 1.82) is 0 Å². The van der Waals surface area contributed by atoms with Gasteiger partial charge in [0.2, 0.25) is 18.0 Å². The Kier molecular flexibility index (Phi) is 8.13. The molecule has 0 bridgehead atoms. The molecule has 2 aromatic carbocycles. The van der Waals surface area contributed by atoms with E-state index in [1.807, 2.05) is 0 Å². The molecule has 1 aliphatic heterocycles. The Hall–Kier alpha value is -3.76. The zero-order chi connectivity index (χ0) is 27.4. The van der Waals surface area contributed by atoms with Crippen LogP contribution in [-0.4, -0.2) is 35.8 Å². The Labute approximate surface area is 216 Å². The van der Waals surface area contributed by atoms with Gasteiger partial charge < -0.3 is 16.4 Å². The van der Waals surface area contributed by atoms with Crippen molar-refractivity contribution in [2.24, 2.45) is 28.5 Å². The van der Waals surface area contributed by atoms with Gasteiger partial charge in [-0.25, -0.2) is 9.38 Å². The van der Waals surface area contributed by atoms with Crippen LogP contribution in [0, 0.1) is 23.6 Å². The normalized spacial score (nSPS) is 18.9. The molecule has 1 heterocycles. The topological polar surface area (TPSA) is 114 Å². The molecule has 4 rings (SSSR count). The van der Waals surface area contributed by atoms with Crippen molar-refractivity contribution in [2.75, 3.05) is 5.32 Å². The third-order valence-electron chi connectivity index (χ3n) is 6.80. The van der Waals surface area contributed by atoms with Gasteiger partial charge in [-0.1, -0.05) is 55.3 Å². The van der Waals surface area contributed by atoms with Crippen LogP contribution in [0.1, 0.15) is 49.7 Å². The summed E-state index contributed by atoms with van der Waals surface area (Å²) in [6, 6.07) is 12.9. The molecule has 38 heavy (non-hydrogen) atoms. The second-order valence-electron chi connectivity index (χ2n) is 9.71. The Morgan fingerprint density at radius 1 is 1.08 bits per heavy atom. The molecule has 0 saturated heterocycles. The van der Waals surface area contributed by atoms with Gasteiger partial charge in [0.1, 0.15) is 5.82 Å². The number of anilines is 1. The van der Waals surface area contributed by atoms with Gasteiger partial charge in [-0.15, -0.1) is 0 Å². The minimum atomic E-state index is -4.42. The van der Waals surface area contributed by atoms with E-state index in [1.165, 1.54) is 12.1 Å². The van der Waals surface area contributed by atoms with E-state index in [2.05, 4.69) is 15.6 Å². The summed E-state index contributed by atoms with van der Waals surface area (Å²) < 4.78 is 53.2. The van der Waals surface area contributed by atoms with Crippen LogP contribution in [0.25, 0.3) is 0 Å². The van der Waals surface area contributed by atoms with Crippen molar-refractivity contribution in [2.45, 2.75) is 50.9 Å². The van der Waals surface area contributed by atoms with Crippen molar-refractivity contribution < 1.29 is 31.9 Å². The number of amides is 3. The first-order chi connectivity index (χ1) is 18.0. The second-order valence-corrected chi connectivity index (χ2v) is 9.71. The predicted molar refractivity (Wildman–Crippen MR) is 132 cm³/mol. The fourth-order valence-electron chi connectivity index (χ4n) is 4.69. The lowest BCUT2D eigenvalue weighted by Gasteiger charge is -2.26. The molecule has 3 amide bonds. The van der Waals surface area contributed by atoms with E-state index in [-0.39, 0.29) is 36.6 Å². The number of nitrogens with two attached hydrogens (primary N) is 1. The Balaban J connectivity index is 1.65. The van der Waals surface area contributed by atoms with Crippen LogP contribution in [-0.2, 0) is 14.4 Å². The molecule has 2 aromatic rings. The first-order valence-electron chi connectivity index (χ1n) is 12.4. The molecule has 11 heteroatoms. The summed E-state index contributed by atoms with van der Waals surface area (Å²) in [5, 5.41) is 4.95. The first kappa shape index (κ1) is 27.3. The standard InChI is InChI=1S/C27H28F4N4O3/c28-20-10-4-8-18-21(16-6-2-1-3-7-16)33-24(26(38)34-22(18)20)35-25(37)17(9-5-13-27(29,30)31)19(23(32)36)14-15-11-12-15/h1-4,6-8,10,15,17,19,24H,5,9,11-14H2,(H2,32,36)(H,34,38)(H,35,37). The fourth-order valence-corrected chi connectivity index (χ4v) is 4.69. The van der Waals surface area contributed by atoms with Gasteiger partial charge in [0.05, 0.1) is 11.4 Å². The van der Waals surface area contributed by atoms with E-state index in [1.54, 1.807) is 36.4 Å². The Bertz CT molecular complexity index is 1230. The molecule has 0 spiro atoms. The molecule has 202 valence electrons. The van der Waals surface area contributed by atoms with Crippen LogP contribution in [0.15, 0.2) is 53.5 Å². The smallest absolute Gasteiger partial charge is 0.369 e. The van der Waals surface area contributed by atoms with E-state index < -0.39 is 54.1 Å². The number of hydrogen-bond acceptors (Lipinski definition) is 4. The summed E-state index contributed by atoms with van der Waals surface area (Å²) in [4.78, 5) is 43.2. The first-order valence-corrected chi connectivity index (χ1v) is 12.4. The highest BCUT2D eigenvalue weighted by Crippen LogP contribution is 2.39. The van der Waals surface area contributed by atoms with Crippen molar-refractivity contribution in [3.05, 3.63) is 65.5 Å². The highest BCUT2D eigenvalue weighted by atomic mass is 19.4. The van der Waals surface area contributed by atoms with Gasteiger partial charge in [-0.3, -0.25) is 14.4 Å². The largest absolute Gasteiger partial charge is 0.389 e. The maximum atomic E-state index is 14.7. The van der Waals surface area contributed by atoms with Gasteiger partial charge in [0.25, 0.3) is 5.91 Å². The Morgan fingerprint density at radius 2 is 1.79 bits per heavy atom. The maximum absolute atomic E-state index is 14.7. The lowest BCUT2D eigenvalue weighted by atomic mass is 9.82. The summed E-state index contributed by atoms with van der Waals surface area (Å²) in [6.45, 7) is 0. The molecule has 3 unspecified atom stereocenters. The number of hydrogen-bond donors (Lipinski definition) is 3. The summed E-state index contributed by atoms with van der Waals surface area (Å²) in [7, 11) is 0. The quantitative estimate of drug-likeness (QED) is 0.396. The molecule has 3 atom stereocenters. The van der Waals surface area contributed by atoms with Crippen molar-refractivity contribution in [1.82, 2.24) is 5.32 Å². The minimum Gasteiger partial charge on any atom is -0.369 e. The number of carbonyl (C=O) groups excluding carboxylic acids is 3. The zero-order valence-electron chi connectivity index (χ0n) is 20.4. The molecule has 2 aliphatic rings. The predicted octanol–water partition coefficient (Wildman–Crippen LogP) is 4.31. The number of benzodiazepines with no additional fused rings is 1. The summed E-state index contributed by atoms with van der Waals surface area (Å²) >= 11 is 0. The summed E-state index contributed by atoms with van der Waals surface area (Å²) in [5.74, 6) is -5.11. The molecule has 4 N–H and O–H groups in total. The number of para-hydroxylation sites is 1. The number of nitrogens with one attached hydrogen (secondary N) is 2. The number of alkyl halides is 3. The highest BCUT2D eigenvalue weighted by Gasteiger charge is 2.39. The van der Waals surface area contributed by atoms with Crippen LogP contribution in [0.3, 0.4) is 0 Å². The molecule has 7 nitrogen and oxygen atoms in total. The molecular formula is C27H28F4N4O3. The average molecular weight is 533 g/mol. The molecule has 1 saturated carbocycles. The van der Waals surface area contributed by atoms with Gasteiger partial charge in [-0.2, -0.15) is 13.2 Å². The van der Waals surface area contributed by atoms with Crippen LogP contribution >= 0.6 is 0 Å². The number of carbonyl (C=O) groups is 3. The summed E-state index contributed by atoms with van der Waals surface area (Å²) in [6.07, 6.45) is -5.73. The van der Waals surface area contributed by atoms with E-state index in [9.17, 15) is 31.9 Å². The lowest BCUT2D eigenvalue weighted by Crippen LogP contribution is -2.48. The van der Waals surface area contributed by atoms with Crippen molar-refractivity contribution >= 4 is 29.1 Å². The number of fused-ring (bicyclic) bond motifs is 1. The monoisotopic (exact) mass is 532 g/mol. The number of halogens is 4. The van der Waals surface area contributed by atoms with E-state index in [0.29, 0.717) is 11.1 Å². The van der Waals surface area contributed by atoms with Gasteiger partial charge in [-0.05, 0) is 31.2 Å².